The van der Waals surface area contributed by atoms with Crippen molar-refractivity contribution in [1.29, 1.82) is 0 Å². The molecule has 0 spiro atoms. The molecular formula is C17H19BrN2O2. The predicted octanol–water partition coefficient (Wildman–Crippen LogP) is 2.21. The molecule has 116 valence electrons. The summed E-state index contributed by atoms with van der Waals surface area (Å²) >= 11 is 0. The average molecular weight is 363 g/mol. The third-order valence-electron chi connectivity index (χ3n) is 3.91. The molecule has 0 heterocycles. The highest BCUT2D eigenvalue weighted by Gasteiger charge is 2.29. The van der Waals surface area contributed by atoms with Gasteiger partial charge in [-0.2, -0.15) is 0 Å². The van der Waals surface area contributed by atoms with Gasteiger partial charge in [-0.15, -0.1) is 17.0 Å². The molecule has 0 aliphatic heterocycles. The molecule has 22 heavy (non-hydrogen) atoms. The molecule has 0 fully saturated rings. The van der Waals surface area contributed by atoms with Gasteiger partial charge in [-0.05, 0) is 22.3 Å². The quantitative estimate of drug-likeness (QED) is 0.817. The molecule has 0 radical (unpaired) electrons. The van der Waals surface area contributed by atoms with Gasteiger partial charge in [0, 0.05) is 12.5 Å². The maximum Gasteiger partial charge on any atom is 0.324 e. The number of hydrogen-bond donors (Lipinski definition) is 2. The van der Waals surface area contributed by atoms with Crippen LogP contribution in [0.1, 0.15) is 17.0 Å². The zero-order valence-corrected chi connectivity index (χ0v) is 13.8. The molecule has 0 bridgehead atoms. The van der Waals surface area contributed by atoms with Crippen LogP contribution in [-0.2, 0) is 9.53 Å². The summed E-state index contributed by atoms with van der Waals surface area (Å²) in [5, 5.41) is 0. The van der Waals surface area contributed by atoms with Gasteiger partial charge in [0.25, 0.3) is 0 Å². The Morgan fingerprint density at radius 2 is 1.55 bits per heavy atom. The Kier molecular flexibility index (Phi) is 5.34. The highest BCUT2D eigenvalue weighted by atomic mass is 79.9. The Morgan fingerprint density at radius 3 is 2.05 bits per heavy atom. The lowest BCUT2D eigenvalue weighted by atomic mass is 9.98. The molecule has 2 aromatic rings. The van der Waals surface area contributed by atoms with E-state index in [-0.39, 0.29) is 29.4 Å². The van der Waals surface area contributed by atoms with E-state index in [2.05, 4.69) is 24.3 Å². The maximum absolute atomic E-state index is 11.7. The minimum atomic E-state index is -0.753. The largest absolute Gasteiger partial charge is 0.463 e. The standard InChI is InChI=1S/C17H18N2O2.BrH/c18-9-16(19)17(20)21-10-15-13-7-3-1-5-11(13)12-6-2-4-8-14(12)15;/h1-8,15-16H,9-10,18-19H2;1H. The van der Waals surface area contributed by atoms with E-state index in [1.54, 1.807) is 0 Å². The van der Waals surface area contributed by atoms with Gasteiger partial charge < -0.3 is 16.2 Å². The van der Waals surface area contributed by atoms with Gasteiger partial charge in [0.2, 0.25) is 0 Å². The number of carbonyl (C=O) groups is 1. The lowest BCUT2D eigenvalue weighted by Gasteiger charge is -2.15. The number of esters is 1. The lowest BCUT2D eigenvalue weighted by molar-refractivity contribution is -0.145. The van der Waals surface area contributed by atoms with Crippen LogP contribution in [-0.4, -0.2) is 25.2 Å². The summed E-state index contributed by atoms with van der Waals surface area (Å²) in [6.45, 7) is 0.386. The molecule has 4 N–H and O–H groups in total. The lowest BCUT2D eigenvalue weighted by Crippen LogP contribution is -2.39. The van der Waals surface area contributed by atoms with Crippen LogP contribution in [0.4, 0.5) is 0 Å². The summed E-state index contributed by atoms with van der Waals surface area (Å²) < 4.78 is 5.35. The predicted molar refractivity (Wildman–Crippen MR) is 92.0 cm³/mol. The third kappa shape index (κ3) is 2.92. The molecule has 0 amide bonds. The van der Waals surface area contributed by atoms with Crippen LogP contribution in [0.5, 0.6) is 0 Å². The van der Waals surface area contributed by atoms with E-state index in [9.17, 15) is 4.79 Å². The molecule has 0 saturated heterocycles. The maximum atomic E-state index is 11.7. The second kappa shape index (κ2) is 7.05. The van der Waals surface area contributed by atoms with Crippen LogP contribution in [0.3, 0.4) is 0 Å². The summed E-state index contributed by atoms with van der Waals surface area (Å²) in [5.74, 6) is -0.384. The van der Waals surface area contributed by atoms with E-state index in [0.29, 0.717) is 6.61 Å². The molecule has 3 rings (SSSR count). The third-order valence-corrected chi connectivity index (χ3v) is 3.91. The first kappa shape index (κ1) is 16.7. The number of benzene rings is 2. The van der Waals surface area contributed by atoms with Gasteiger partial charge in [-0.25, -0.2) is 0 Å². The second-order valence-electron chi connectivity index (χ2n) is 5.20. The van der Waals surface area contributed by atoms with Crippen LogP contribution < -0.4 is 11.5 Å². The summed E-state index contributed by atoms with van der Waals surface area (Å²) in [4.78, 5) is 11.7. The Bertz CT molecular complexity index is 630. The molecule has 2 aromatic carbocycles. The van der Waals surface area contributed by atoms with Crippen LogP contribution in [0.2, 0.25) is 0 Å². The van der Waals surface area contributed by atoms with Gasteiger partial charge in [0.05, 0.1) is 0 Å². The first-order chi connectivity index (χ1) is 10.2. The van der Waals surface area contributed by atoms with E-state index in [4.69, 9.17) is 16.2 Å². The van der Waals surface area contributed by atoms with Gasteiger partial charge in [-0.1, -0.05) is 48.5 Å². The zero-order chi connectivity index (χ0) is 14.8. The second-order valence-corrected chi connectivity index (χ2v) is 5.20. The Balaban J connectivity index is 0.00000176. The highest BCUT2D eigenvalue weighted by Crippen LogP contribution is 2.44. The minimum absolute atomic E-state index is 0. The average Bonchev–Trinajstić information content (AvgIpc) is 2.86. The molecule has 1 unspecified atom stereocenters. The number of rotatable bonds is 4. The van der Waals surface area contributed by atoms with Crippen molar-refractivity contribution in [2.45, 2.75) is 12.0 Å². The van der Waals surface area contributed by atoms with Crippen LogP contribution in [0.25, 0.3) is 11.1 Å². The van der Waals surface area contributed by atoms with Gasteiger partial charge in [0.15, 0.2) is 0 Å². The summed E-state index contributed by atoms with van der Waals surface area (Å²) in [6, 6.07) is 15.7. The molecule has 1 aliphatic rings. The first-order valence-electron chi connectivity index (χ1n) is 7.03. The van der Waals surface area contributed by atoms with Crippen molar-refractivity contribution in [2.24, 2.45) is 11.5 Å². The molecule has 4 nitrogen and oxygen atoms in total. The van der Waals surface area contributed by atoms with E-state index in [1.807, 2.05) is 24.3 Å². The number of halogens is 1. The molecule has 1 aliphatic carbocycles. The van der Waals surface area contributed by atoms with Gasteiger partial charge >= 0.3 is 5.97 Å². The van der Waals surface area contributed by atoms with E-state index >= 15 is 0 Å². The van der Waals surface area contributed by atoms with Gasteiger partial charge in [0.1, 0.15) is 12.6 Å². The van der Waals surface area contributed by atoms with Crippen molar-refractivity contribution in [3.05, 3.63) is 59.7 Å². The summed E-state index contributed by atoms with van der Waals surface area (Å²) in [6.07, 6.45) is 0. The van der Waals surface area contributed by atoms with Crippen molar-refractivity contribution in [1.82, 2.24) is 0 Å². The molecule has 5 heteroatoms. The van der Waals surface area contributed by atoms with Crippen molar-refractivity contribution in [3.8, 4) is 11.1 Å². The monoisotopic (exact) mass is 362 g/mol. The fourth-order valence-corrected chi connectivity index (χ4v) is 2.81. The number of hydrogen-bond acceptors (Lipinski definition) is 4. The van der Waals surface area contributed by atoms with Crippen LogP contribution >= 0.6 is 17.0 Å². The molecule has 0 saturated carbocycles. The van der Waals surface area contributed by atoms with E-state index < -0.39 is 12.0 Å². The van der Waals surface area contributed by atoms with Crippen molar-refractivity contribution < 1.29 is 9.53 Å². The zero-order valence-electron chi connectivity index (χ0n) is 12.1. The Labute approximate surface area is 140 Å². The number of fused-ring (bicyclic) bond motifs is 3. The number of carbonyl (C=O) groups excluding carboxylic acids is 1. The molecular weight excluding hydrogens is 344 g/mol. The Hall–Kier alpha value is -1.69. The topological polar surface area (TPSA) is 78.3 Å². The summed E-state index contributed by atoms with van der Waals surface area (Å²) in [7, 11) is 0. The SMILES string of the molecule is Br.NCC(N)C(=O)OCC1c2ccccc2-c2ccccc21. The molecule has 1 atom stereocenters. The Morgan fingerprint density at radius 1 is 1.05 bits per heavy atom. The van der Waals surface area contributed by atoms with E-state index in [0.717, 1.165) is 0 Å². The minimum Gasteiger partial charge on any atom is -0.463 e. The highest BCUT2D eigenvalue weighted by molar-refractivity contribution is 8.93. The van der Waals surface area contributed by atoms with Gasteiger partial charge in [-0.3, -0.25) is 4.79 Å². The van der Waals surface area contributed by atoms with Crippen LogP contribution in [0.15, 0.2) is 48.5 Å². The number of nitrogens with two attached hydrogens (primary N) is 2. The van der Waals surface area contributed by atoms with Crippen molar-refractivity contribution in [2.75, 3.05) is 13.2 Å². The smallest absolute Gasteiger partial charge is 0.324 e. The fourth-order valence-electron chi connectivity index (χ4n) is 2.81. The fraction of sp³-hybridized carbons (Fsp3) is 0.235. The molecule has 0 aromatic heterocycles. The van der Waals surface area contributed by atoms with Crippen molar-refractivity contribution >= 4 is 23.0 Å². The normalized spacial score (nSPS) is 13.7. The van der Waals surface area contributed by atoms with E-state index in [1.165, 1.54) is 22.3 Å². The summed E-state index contributed by atoms with van der Waals surface area (Å²) in [5.41, 5.74) is 15.8. The van der Waals surface area contributed by atoms with Crippen molar-refractivity contribution in [3.63, 3.8) is 0 Å². The first-order valence-corrected chi connectivity index (χ1v) is 7.03. The van der Waals surface area contributed by atoms with Crippen LogP contribution in [0, 0.1) is 0 Å². The number of ether oxygens (including phenoxy) is 1.